The number of anilines is 2. The van der Waals surface area contributed by atoms with E-state index in [1.165, 1.54) is 11.3 Å². The standard InChI is InChI=1S/C8H13N3OS/c1-12-6-2-5(3-6)11-8-10-4-7(9)13-8/h4-6H,2-3,9H2,1H3,(H,10,11). The first-order chi connectivity index (χ1) is 6.28. The van der Waals surface area contributed by atoms with Gasteiger partial charge in [-0.2, -0.15) is 0 Å². The number of methoxy groups -OCH3 is 1. The molecule has 72 valence electrons. The summed E-state index contributed by atoms with van der Waals surface area (Å²) in [5, 5.41) is 4.98. The van der Waals surface area contributed by atoms with Crippen molar-refractivity contribution < 1.29 is 4.74 Å². The maximum Gasteiger partial charge on any atom is 0.184 e. The van der Waals surface area contributed by atoms with E-state index in [0.717, 1.165) is 23.0 Å². The number of rotatable bonds is 3. The van der Waals surface area contributed by atoms with Gasteiger partial charge in [-0.1, -0.05) is 11.3 Å². The van der Waals surface area contributed by atoms with Gasteiger partial charge in [-0.3, -0.25) is 0 Å². The zero-order valence-corrected chi connectivity index (χ0v) is 8.30. The van der Waals surface area contributed by atoms with Crippen molar-refractivity contribution in [3.05, 3.63) is 6.20 Å². The summed E-state index contributed by atoms with van der Waals surface area (Å²) in [6.07, 6.45) is 4.24. The van der Waals surface area contributed by atoms with E-state index in [0.29, 0.717) is 12.1 Å². The van der Waals surface area contributed by atoms with Crippen LogP contribution in [0.5, 0.6) is 0 Å². The smallest absolute Gasteiger partial charge is 0.184 e. The summed E-state index contributed by atoms with van der Waals surface area (Å²) in [4.78, 5) is 4.13. The van der Waals surface area contributed by atoms with Crippen LogP contribution in [0.25, 0.3) is 0 Å². The molecule has 0 atom stereocenters. The first kappa shape index (κ1) is 8.77. The fourth-order valence-corrected chi connectivity index (χ4v) is 2.06. The highest BCUT2D eigenvalue weighted by Crippen LogP contribution is 2.28. The van der Waals surface area contributed by atoms with Crippen molar-refractivity contribution in [2.45, 2.75) is 25.0 Å². The first-order valence-electron chi connectivity index (χ1n) is 4.28. The number of nitrogens with zero attached hydrogens (tertiary/aromatic N) is 1. The van der Waals surface area contributed by atoms with E-state index in [4.69, 9.17) is 10.5 Å². The second kappa shape index (κ2) is 3.51. The van der Waals surface area contributed by atoms with Crippen LogP contribution in [0.15, 0.2) is 6.20 Å². The van der Waals surface area contributed by atoms with Crippen LogP contribution in [0.4, 0.5) is 10.1 Å². The molecule has 0 saturated heterocycles. The highest BCUT2D eigenvalue weighted by atomic mass is 32.1. The molecule has 5 heteroatoms. The van der Waals surface area contributed by atoms with Gasteiger partial charge in [0.05, 0.1) is 12.3 Å². The highest BCUT2D eigenvalue weighted by Gasteiger charge is 2.29. The molecule has 0 bridgehead atoms. The molecule has 1 saturated carbocycles. The minimum Gasteiger partial charge on any atom is -0.389 e. The number of hydrogen-bond donors (Lipinski definition) is 2. The SMILES string of the molecule is COC1CC(Nc2ncc(N)s2)C1. The quantitative estimate of drug-likeness (QED) is 0.770. The second-order valence-electron chi connectivity index (χ2n) is 3.24. The lowest BCUT2D eigenvalue weighted by atomic mass is 9.89. The van der Waals surface area contributed by atoms with Gasteiger partial charge >= 0.3 is 0 Å². The normalized spacial score (nSPS) is 26.8. The number of hydrogen-bond acceptors (Lipinski definition) is 5. The number of nitrogens with two attached hydrogens (primary N) is 1. The lowest BCUT2D eigenvalue weighted by molar-refractivity contribution is 0.0329. The highest BCUT2D eigenvalue weighted by molar-refractivity contribution is 7.19. The first-order valence-corrected chi connectivity index (χ1v) is 5.10. The predicted molar refractivity (Wildman–Crippen MR) is 54.0 cm³/mol. The van der Waals surface area contributed by atoms with E-state index >= 15 is 0 Å². The Hall–Kier alpha value is -0.810. The van der Waals surface area contributed by atoms with Crippen LogP contribution in [0, 0.1) is 0 Å². The molecule has 0 unspecified atom stereocenters. The van der Waals surface area contributed by atoms with Crippen molar-refractivity contribution in [1.82, 2.24) is 4.98 Å². The molecule has 1 heterocycles. The largest absolute Gasteiger partial charge is 0.389 e. The molecule has 1 fully saturated rings. The maximum atomic E-state index is 5.56. The molecule has 0 aliphatic heterocycles. The second-order valence-corrected chi connectivity index (χ2v) is 4.30. The third-order valence-electron chi connectivity index (χ3n) is 2.28. The molecule has 3 N–H and O–H groups in total. The Bertz CT molecular complexity index is 283. The fourth-order valence-electron chi connectivity index (χ4n) is 1.40. The van der Waals surface area contributed by atoms with Gasteiger partial charge in [-0.15, -0.1) is 0 Å². The van der Waals surface area contributed by atoms with Gasteiger partial charge in [0.1, 0.15) is 5.00 Å². The van der Waals surface area contributed by atoms with E-state index in [9.17, 15) is 0 Å². The van der Waals surface area contributed by atoms with Crippen LogP contribution in [0.1, 0.15) is 12.8 Å². The monoisotopic (exact) mass is 199 g/mol. The van der Waals surface area contributed by atoms with Gasteiger partial charge < -0.3 is 15.8 Å². The van der Waals surface area contributed by atoms with Gasteiger partial charge in [-0.05, 0) is 12.8 Å². The van der Waals surface area contributed by atoms with Gasteiger partial charge in [0.2, 0.25) is 0 Å². The van der Waals surface area contributed by atoms with Gasteiger partial charge in [0.25, 0.3) is 0 Å². The average Bonchev–Trinajstić information content (AvgIpc) is 2.43. The van der Waals surface area contributed by atoms with Gasteiger partial charge in [-0.25, -0.2) is 4.98 Å². The number of nitrogens with one attached hydrogen (secondary N) is 1. The predicted octanol–water partition coefficient (Wildman–Crippen LogP) is 1.31. The minimum atomic E-state index is 0.426. The zero-order chi connectivity index (χ0) is 9.26. The third kappa shape index (κ3) is 1.92. The van der Waals surface area contributed by atoms with Crippen LogP contribution < -0.4 is 11.1 Å². The zero-order valence-electron chi connectivity index (χ0n) is 7.49. The van der Waals surface area contributed by atoms with Crippen molar-refractivity contribution in [2.75, 3.05) is 18.2 Å². The van der Waals surface area contributed by atoms with Crippen LogP contribution in [0.2, 0.25) is 0 Å². The summed E-state index contributed by atoms with van der Waals surface area (Å²) in [5.41, 5.74) is 5.56. The molecular formula is C8H13N3OS. The molecule has 1 aliphatic carbocycles. The lowest BCUT2D eigenvalue weighted by Crippen LogP contribution is -2.40. The molecule has 0 radical (unpaired) electrons. The number of aromatic nitrogens is 1. The Kier molecular flexibility index (Phi) is 2.37. The van der Waals surface area contributed by atoms with Gasteiger partial charge in [0, 0.05) is 13.2 Å². The van der Waals surface area contributed by atoms with E-state index in [1.807, 2.05) is 0 Å². The number of ether oxygens (including phenoxy) is 1. The lowest BCUT2D eigenvalue weighted by Gasteiger charge is -2.34. The number of nitrogen functional groups attached to an aromatic ring is 1. The van der Waals surface area contributed by atoms with E-state index in [-0.39, 0.29) is 0 Å². The van der Waals surface area contributed by atoms with Crippen LogP contribution in [-0.4, -0.2) is 24.2 Å². The van der Waals surface area contributed by atoms with Crippen LogP contribution >= 0.6 is 11.3 Å². The molecule has 1 aromatic heterocycles. The van der Waals surface area contributed by atoms with E-state index in [2.05, 4.69) is 10.3 Å². The molecule has 13 heavy (non-hydrogen) atoms. The number of thiazole rings is 1. The molecule has 0 amide bonds. The van der Waals surface area contributed by atoms with Crippen LogP contribution in [0.3, 0.4) is 0 Å². The average molecular weight is 199 g/mol. The van der Waals surface area contributed by atoms with E-state index < -0.39 is 0 Å². The molecular weight excluding hydrogens is 186 g/mol. The van der Waals surface area contributed by atoms with Crippen molar-refractivity contribution in [1.29, 1.82) is 0 Å². The maximum absolute atomic E-state index is 5.56. The fraction of sp³-hybridized carbons (Fsp3) is 0.625. The van der Waals surface area contributed by atoms with Crippen molar-refractivity contribution in [3.8, 4) is 0 Å². The molecule has 1 aromatic rings. The molecule has 0 spiro atoms. The van der Waals surface area contributed by atoms with Gasteiger partial charge in [0.15, 0.2) is 5.13 Å². The Balaban J connectivity index is 1.81. The Morgan fingerprint density at radius 2 is 2.46 bits per heavy atom. The summed E-state index contributed by atoms with van der Waals surface area (Å²) < 4.78 is 5.18. The topological polar surface area (TPSA) is 60.2 Å². The van der Waals surface area contributed by atoms with Crippen LogP contribution in [-0.2, 0) is 4.74 Å². The van der Waals surface area contributed by atoms with Crippen molar-refractivity contribution in [2.24, 2.45) is 0 Å². The molecule has 4 nitrogen and oxygen atoms in total. The summed E-state index contributed by atoms with van der Waals surface area (Å²) in [6.45, 7) is 0. The van der Waals surface area contributed by atoms with E-state index in [1.54, 1.807) is 13.3 Å². The minimum absolute atomic E-state index is 0.426. The summed E-state index contributed by atoms with van der Waals surface area (Å²) >= 11 is 1.49. The molecule has 0 aromatic carbocycles. The van der Waals surface area contributed by atoms with Crippen molar-refractivity contribution in [3.63, 3.8) is 0 Å². The van der Waals surface area contributed by atoms with Crippen molar-refractivity contribution >= 4 is 21.5 Å². The Morgan fingerprint density at radius 3 is 3.00 bits per heavy atom. The Labute approximate surface area is 81.1 Å². The summed E-state index contributed by atoms with van der Waals surface area (Å²) in [5.74, 6) is 0. The third-order valence-corrected chi connectivity index (χ3v) is 3.04. The molecule has 2 rings (SSSR count). The summed E-state index contributed by atoms with van der Waals surface area (Å²) in [7, 11) is 1.75. The summed E-state index contributed by atoms with van der Waals surface area (Å²) in [6, 6.07) is 0.510. The molecule has 1 aliphatic rings. The Morgan fingerprint density at radius 1 is 1.69 bits per heavy atom.